The highest BCUT2D eigenvalue weighted by atomic mass is 19.4. The Morgan fingerprint density at radius 2 is 0.895 bits per heavy atom. The minimum absolute atomic E-state index is 0.704. The molecule has 0 aliphatic heterocycles. The summed E-state index contributed by atoms with van der Waals surface area (Å²) in [5.74, 6) is -2.78. The minimum atomic E-state index is -5.68. The van der Waals surface area contributed by atoms with Gasteiger partial charge >= 0.3 is 18.5 Å². The number of benzene rings is 1. The summed E-state index contributed by atoms with van der Waals surface area (Å²) in [5, 5.41) is 0. The van der Waals surface area contributed by atoms with Gasteiger partial charge in [0.2, 0.25) is 0 Å². The average molecular weight is 300 g/mol. The molecule has 1 aromatic carbocycles. The maximum absolute atomic E-state index is 13.0. The third kappa shape index (κ3) is 3.29. The zero-order valence-electron chi connectivity index (χ0n) is 8.43. The van der Waals surface area contributed by atoms with Crippen LogP contribution in [-0.4, -0.2) is 0 Å². The highest BCUT2D eigenvalue weighted by Crippen LogP contribution is 2.42. The van der Waals surface area contributed by atoms with Crippen LogP contribution in [0, 0.1) is 5.82 Å². The highest BCUT2D eigenvalue weighted by Gasteiger charge is 2.45. The second kappa shape index (κ2) is 4.27. The first kappa shape index (κ1) is 15.6. The fraction of sp³-hybridized carbons (Fsp3) is 0.333. The molecule has 1 rings (SSSR count). The Bertz CT molecular complexity index is 440. The Labute approximate surface area is 98.2 Å². The summed E-state index contributed by atoms with van der Waals surface area (Å²) in [7, 11) is 0. The van der Waals surface area contributed by atoms with Gasteiger partial charge in [0.1, 0.15) is 5.82 Å². The van der Waals surface area contributed by atoms with Crippen LogP contribution in [0.3, 0.4) is 0 Å². The van der Waals surface area contributed by atoms with Gasteiger partial charge in [-0.15, -0.1) is 0 Å². The molecule has 1 aromatic rings. The molecule has 0 aliphatic carbocycles. The molecule has 19 heavy (non-hydrogen) atoms. The first-order valence-electron chi connectivity index (χ1n) is 4.29. The Kier molecular flexibility index (Phi) is 3.50. The van der Waals surface area contributed by atoms with Crippen molar-refractivity contribution in [3.63, 3.8) is 0 Å². The van der Waals surface area contributed by atoms with Crippen LogP contribution in [0.2, 0.25) is 0 Å². The lowest BCUT2D eigenvalue weighted by atomic mass is 10.0. The second-order valence-electron chi connectivity index (χ2n) is 3.38. The van der Waals surface area contributed by atoms with Crippen molar-refractivity contribution < 1.29 is 43.9 Å². The van der Waals surface area contributed by atoms with Crippen LogP contribution in [0.15, 0.2) is 12.1 Å². The van der Waals surface area contributed by atoms with Gasteiger partial charge in [-0.3, -0.25) is 0 Å². The van der Waals surface area contributed by atoms with Crippen molar-refractivity contribution in [3.05, 3.63) is 34.6 Å². The number of hydrogen-bond acceptors (Lipinski definition) is 0. The molecule has 0 radical (unpaired) electrons. The molecule has 0 aliphatic rings. The molecule has 0 nitrogen and oxygen atoms in total. The Balaban J connectivity index is 3.68. The molecule has 10 heteroatoms. The molecular weight excluding hydrogens is 298 g/mol. The maximum Gasteiger partial charge on any atom is 0.419 e. The molecule has 0 aromatic heterocycles. The normalized spacial score (nSPS) is 13.8. The maximum atomic E-state index is 13.0. The Morgan fingerprint density at radius 1 is 0.579 bits per heavy atom. The quantitative estimate of drug-likeness (QED) is 0.599. The van der Waals surface area contributed by atoms with E-state index < -0.39 is 53.2 Å². The van der Waals surface area contributed by atoms with Crippen LogP contribution in [0.25, 0.3) is 0 Å². The van der Waals surface area contributed by atoms with E-state index in [4.69, 9.17) is 0 Å². The first-order chi connectivity index (χ1) is 8.24. The minimum Gasteiger partial charge on any atom is -0.206 e. The molecule has 0 fully saturated rings. The van der Waals surface area contributed by atoms with Crippen molar-refractivity contribution in [2.45, 2.75) is 18.5 Å². The van der Waals surface area contributed by atoms with Crippen LogP contribution in [0.5, 0.6) is 0 Å². The average Bonchev–Trinajstić information content (AvgIpc) is 2.11. The predicted octanol–water partition coefficient (Wildman–Crippen LogP) is 4.88. The Morgan fingerprint density at radius 3 is 1.11 bits per heavy atom. The van der Waals surface area contributed by atoms with Gasteiger partial charge < -0.3 is 0 Å². The van der Waals surface area contributed by atoms with Crippen molar-refractivity contribution in [2.24, 2.45) is 0 Å². The van der Waals surface area contributed by atoms with Crippen molar-refractivity contribution in [1.29, 1.82) is 0 Å². The lowest BCUT2D eigenvalue weighted by Crippen LogP contribution is -2.19. The van der Waals surface area contributed by atoms with Crippen LogP contribution >= 0.6 is 0 Å². The van der Waals surface area contributed by atoms with Gasteiger partial charge in [-0.25, -0.2) is 4.39 Å². The monoisotopic (exact) mass is 300 g/mol. The summed E-state index contributed by atoms with van der Waals surface area (Å²) in [4.78, 5) is 0. The van der Waals surface area contributed by atoms with E-state index in [2.05, 4.69) is 0 Å². The van der Waals surface area contributed by atoms with E-state index in [1.54, 1.807) is 0 Å². The molecule has 0 amide bonds. The number of rotatable bonds is 0. The van der Waals surface area contributed by atoms with Gasteiger partial charge in [-0.2, -0.15) is 39.5 Å². The number of alkyl halides is 9. The smallest absolute Gasteiger partial charge is 0.206 e. The lowest BCUT2D eigenvalue weighted by molar-refractivity contribution is -0.152. The third-order valence-corrected chi connectivity index (χ3v) is 2.01. The first-order valence-corrected chi connectivity index (χ1v) is 4.29. The van der Waals surface area contributed by atoms with E-state index in [9.17, 15) is 43.9 Å². The van der Waals surface area contributed by atoms with Crippen LogP contribution in [0.4, 0.5) is 43.9 Å². The second-order valence-corrected chi connectivity index (χ2v) is 3.38. The topological polar surface area (TPSA) is 0 Å². The van der Waals surface area contributed by atoms with Gasteiger partial charge in [0.15, 0.2) is 0 Å². The van der Waals surface area contributed by atoms with Crippen molar-refractivity contribution in [2.75, 3.05) is 0 Å². The summed E-state index contributed by atoms with van der Waals surface area (Å²) < 4.78 is 123. The van der Waals surface area contributed by atoms with E-state index in [1.165, 1.54) is 0 Å². The molecule has 0 spiro atoms. The van der Waals surface area contributed by atoms with Crippen LogP contribution in [0.1, 0.15) is 16.7 Å². The predicted molar refractivity (Wildman–Crippen MR) is 41.4 cm³/mol. The van der Waals surface area contributed by atoms with Crippen molar-refractivity contribution >= 4 is 0 Å². The van der Waals surface area contributed by atoms with Crippen LogP contribution in [-0.2, 0) is 18.5 Å². The Hall–Kier alpha value is -1.48. The lowest BCUT2D eigenvalue weighted by Gasteiger charge is -2.17. The summed E-state index contributed by atoms with van der Waals surface area (Å²) in [6.45, 7) is 0. The fourth-order valence-corrected chi connectivity index (χ4v) is 1.20. The van der Waals surface area contributed by atoms with E-state index in [-0.39, 0.29) is 0 Å². The van der Waals surface area contributed by atoms with E-state index in [0.717, 1.165) is 0 Å². The standard InChI is InChI=1S/C9H2F10/c10-6-4(8(14,15)16)1-3(7(11,12)13)2-5(6)9(17,18)19/h1-2H. The van der Waals surface area contributed by atoms with Gasteiger partial charge in [0, 0.05) is 0 Å². The molecule has 0 atom stereocenters. The molecule has 0 N–H and O–H groups in total. The van der Waals surface area contributed by atoms with E-state index in [0.29, 0.717) is 0 Å². The SMILES string of the molecule is Fc1c(C(F)(F)F)cc(C(F)(F)F)cc1C(F)(F)F. The molecule has 0 saturated carbocycles. The third-order valence-electron chi connectivity index (χ3n) is 2.01. The molecule has 0 bridgehead atoms. The molecule has 0 saturated heterocycles. The summed E-state index contributed by atoms with van der Waals surface area (Å²) in [5.41, 5.74) is -7.46. The summed E-state index contributed by atoms with van der Waals surface area (Å²) in [6, 6.07) is -1.41. The summed E-state index contributed by atoms with van der Waals surface area (Å²) in [6.07, 6.45) is -16.8. The number of hydrogen-bond donors (Lipinski definition) is 0. The largest absolute Gasteiger partial charge is 0.419 e. The van der Waals surface area contributed by atoms with Crippen molar-refractivity contribution in [1.82, 2.24) is 0 Å². The van der Waals surface area contributed by atoms with Gasteiger partial charge in [0.25, 0.3) is 0 Å². The molecule has 0 unspecified atom stereocenters. The highest BCUT2D eigenvalue weighted by molar-refractivity contribution is 5.36. The fourth-order valence-electron chi connectivity index (χ4n) is 1.20. The van der Waals surface area contributed by atoms with Crippen LogP contribution < -0.4 is 0 Å². The molecule has 108 valence electrons. The van der Waals surface area contributed by atoms with E-state index in [1.807, 2.05) is 0 Å². The zero-order valence-corrected chi connectivity index (χ0v) is 8.43. The number of halogens is 10. The zero-order chi connectivity index (χ0) is 15.2. The molecular formula is C9H2F10. The van der Waals surface area contributed by atoms with Gasteiger partial charge in [-0.1, -0.05) is 0 Å². The van der Waals surface area contributed by atoms with Gasteiger partial charge in [0.05, 0.1) is 16.7 Å². The van der Waals surface area contributed by atoms with Crippen molar-refractivity contribution in [3.8, 4) is 0 Å². The summed E-state index contributed by atoms with van der Waals surface area (Å²) >= 11 is 0. The molecule has 0 heterocycles. The van der Waals surface area contributed by atoms with Gasteiger partial charge in [-0.05, 0) is 12.1 Å². The van der Waals surface area contributed by atoms with E-state index >= 15 is 0 Å².